The van der Waals surface area contributed by atoms with Crippen LogP contribution >= 0.6 is 58.0 Å². The molecule has 15 heteroatoms. The highest BCUT2D eigenvalue weighted by molar-refractivity contribution is 8.13. The van der Waals surface area contributed by atoms with Crippen molar-refractivity contribution in [2.24, 2.45) is 11.7 Å². The van der Waals surface area contributed by atoms with Crippen LogP contribution in [0.5, 0.6) is 23.0 Å². The largest absolute Gasteiger partial charge is 0.496 e. The van der Waals surface area contributed by atoms with Crippen LogP contribution in [0.3, 0.4) is 0 Å². The summed E-state index contributed by atoms with van der Waals surface area (Å²) in [5, 5.41) is 0.537. The van der Waals surface area contributed by atoms with Crippen molar-refractivity contribution in [1.82, 2.24) is 0 Å². The molecule has 2 N–H and O–H groups in total. The van der Waals surface area contributed by atoms with Crippen LogP contribution in [0.25, 0.3) is 9.81 Å². The normalized spacial score (nSPS) is 31.7. The lowest BCUT2D eigenvalue weighted by molar-refractivity contribution is -0.0949. The van der Waals surface area contributed by atoms with Gasteiger partial charge in [-0.1, -0.05) is 32.5 Å². The van der Waals surface area contributed by atoms with E-state index in [0.29, 0.717) is 64.0 Å². The van der Waals surface area contributed by atoms with Crippen LogP contribution in [0, 0.1) is 15.0 Å². The molecule has 280 valence electrons. The first kappa shape index (κ1) is 35.6. The van der Waals surface area contributed by atoms with Crippen molar-refractivity contribution in [3.05, 3.63) is 50.8 Å². The second-order valence-electron chi connectivity index (χ2n) is 13.3. The summed E-state index contributed by atoms with van der Waals surface area (Å²) >= 11 is 8.91. The molecule has 0 aliphatic carbocycles. The predicted octanol–water partition coefficient (Wildman–Crippen LogP) is 5.79. The van der Waals surface area contributed by atoms with E-state index in [1.807, 2.05) is 23.5 Å². The Morgan fingerprint density at radius 1 is 0.615 bits per heavy atom. The number of hydrogen-bond acceptors (Lipinski definition) is 15. The van der Waals surface area contributed by atoms with Gasteiger partial charge in [-0.15, -0.1) is 46.2 Å². The smallest absolute Gasteiger partial charge is 0.181 e. The molecule has 10 nitrogen and oxygen atoms in total. The summed E-state index contributed by atoms with van der Waals surface area (Å²) in [4.78, 5) is 4.60. The van der Waals surface area contributed by atoms with Gasteiger partial charge in [-0.25, -0.2) is 0 Å². The number of ether oxygens (including phenoxy) is 9. The van der Waals surface area contributed by atoms with Crippen LogP contribution in [0.15, 0.2) is 32.7 Å². The molecule has 52 heavy (non-hydrogen) atoms. The molecular formula is C37H43NO9S5. The summed E-state index contributed by atoms with van der Waals surface area (Å²) in [5.74, 6) is 6.55. The molecule has 0 saturated carbocycles. The lowest BCUT2D eigenvalue weighted by atomic mass is 10.0. The molecule has 10 heterocycles. The molecule has 2 fully saturated rings. The van der Waals surface area contributed by atoms with Crippen LogP contribution in [0.4, 0.5) is 0 Å². The number of thiophene rings is 2. The average molecular weight is 806 g/mol. The Morgan fingerprint density at radius 3 is 1.87 bits per heavy atom. The lowest BCUT2D eigenvalue weighted by Crippen LogP contribution is -2.37. The molecule has 10 rings (SSSR count). The second kappa shape index (κ2) is 14.9. The lowest BCUT2D eigenvalue weighted by Gasteiger charge is -2.27. The fourth-order valence-electron chi connectivity index (χ4n) is 7.59. The Balaban J connectivity index is 0.00000177. The van der Waals surface area contributed by atoms with E-state index in [4.69, 9.17) is 42.6 Å². The Kier molecular flexibility index (Phi) is 10.2. The third-order valence-electron chi connectivity index (χ3n) is 9.80. The van der Waals surface area contributed by atoms with Crippen LogP contribution in [-0.2, 0) is 23.7 Å². The van der Waals surface area contributed by atoms with E-state index in [9.17, 15) is 0 Å². The van der Waals surface area contributed by atoms with Crippen molar-refractivity contribution >= 4 is 67.8 Å². The fourth-order valence-corrected chi connectivity index (χ4v) is 14.7. The number of hydrogen-bond donors (Lipinski definition) is 1. The maximum Gasteiger partial charge on any atom is 0.181 e. The number of nitrogens with two attached hydrogens (primary N) is 1. The molecule has 0 bridgehead atoms. The molecule has 4 atom stereocenters. The molecule has 2 aromatic heterocycles. The first-order valence-electron chi connectivity index (χ1n) is 18.1. The molecular weight excluding hydrogens is 763 g/mol. The Labute approximate surface area is 323 Å². The third-order valence-corrected chi connectivity index (χ3v) is 17.2. The maximum atomic E-state index is 6.54. The zero-order chi connectivity index (χ0) is 35.5. The van der Waals surface area contributed by atoms with Gasteiger partial charge in [0.1, 0.15) is 57.6 Å². The van der Waals surface area contributed by atoms with Crippen LogP contribution in [0.2, 0.25) is 0 Å². The minimum Gasteiger partial charge on any atom is -0.496 e. The first-order chi connectivity index (χ1) is 25.6. The van der Waals surface area contributed by atoms with Crippen LogP contribution < -0.4 is 33.7 Å². The monoisotopic (exact) mass is 805 g/mol. The van der Waals surface area contributed by atoms with Gasteiger partial charge in [0.25, 0.3) is 0 Å². The summed E-state index contributed by atoms with van der Waals surface area (Å²) in [6.07, 6.45) is 2.58. The van der Waals surface area contributed by atoms with Gasteiger partial charge < -0.3 is 48.4 Å². The number of rotatable bonds is 2. The van der Waals surface area contributed by atoms with Gasteiger partial charge in [0.15, 0.2) is 34.5 Å². The van der Waals surface area contributed by atoms with Gasteiger partial charge in [0.05, 0.1) is 53.4 Å². The summed E-state index contributed by atoms with van der Waals surface area (Å²) in [6.45, 7) is 11.7. The van der Waals surface area contributed by atoms with Gasteiger partial charge in [0.2, 0.25) is 0 Å². The fraction of sp³-hybridized carbons (Fsp3) is 0.568. The number of fused-ring (bicyclic) bond motifs is 3. The highest BCUT2D eigenvalue weighted by Gasteiger charge is 2.48. The minimum absolute atomic E-state index is 0.204. The quantitative estimate of drug-likeness (QED) is 0.396. The molecule has 8 aliphatic heterocycles. The van der Waals surface area contributed by atoms with Gasteiger partial charge >= 0.3 is 0 Å². The van der Waals surface area contributed by atoms with Crippen LogP contribution in [0.1, 0.15) is 40.0 Å². The Bertz CT molecular complexity index is 2080. The van der Waals surface area contributed by atoms with E-state index in [1.165, 1.54) is 17.5 Å². The summed E-state index contributed by atoms with van der Waals surface area (Å²) in [7, 11) is 1.50. The Morgan fingerprint density at radius 2 is 1.19 bits per heavy atom. The van der Waals surface area contributed by atoms with Crippen molar-refractivity contribution in [2.75, 3.05) is 66.5 Å². The van der Waals surface area contributed by atoms with E-state index in [2.05, 4.69) is 26.5 Å². The molecule has 2 aromatic rings. The van der Waals surface area contributed by atoms with Gasteiger partial charge in [-0.05, 0) is 32.2 Å². The SMILES string of the molecule is CCC1S/C(=c2/s/c(=c3/s/c(=C4/S/C(=C5/SC(C(C)C)C6=C5OCCO6)C5OCCOC45)c4c3OCCO4)c3c2OCCO3)C2=C1OCCC2.CN. The Hall–Kier alpha value is -2.11. The topological polar surface area (TPSA) is 109 Å². The third kappa shape index (κ3) is 5.79. The molecule has 0 spiro atoms. The van der Waals surface area contributed by atoms with Gasteiger partial charge in [-0.3, -0.25) is 0 Å². The summed E-state index contributed by atoms with van der Waals surface area (Å²) in [6, 6.07) is 0. The van der Waals surface area contributed by atoms with E-state index in [0.717, 1.165) is 99.0 Å². The van der Waals surface area contributed by atoms with E-state index < -0.39 is 0 Å². The van der Waals surface area contributed by atoms with Crippen molar-refractivity contribution in [3.8, 4) is 23.0 Å². The number of thioether (sulfide) groups is 3. The van der Waals surface area contributed by atoms with Crippen molar-refractivity contribution in [2.45, 2.75) is 62.7 Å². The molecule has 0 amide bonds. The van der Waals surface area contributed by atoms with Crippen molar-refractivity contribution in [3.63, 3.8) is 0 Å². The molecule has 8 aliphatic rings. The standard InChI is InChI=1S/C36H38O9S5.CH5N/c1-4-18-19-17(6-5-7-37-19)29(46-18)30-22-23(41-11-10-40-22)33(48-30)34-26-27(45-15-14-44-26)36(50-34)35-25-24(42-12-13-43-25)32(49-35)31-21-20(38-8-9-39-21)28(47-31)16(2)3;1-2/h16,18,24-25,28H,4-15H2,1-3H3;2H2,1H3/b30-29+,32-31+,34-33+,36-35+;. The predicted molar refractivity (Wildman–Crippen MR) is 208 cm³/mol. The zero-order valence-corrected chi connectivity index (χ0v) is 33.7. The zero-order valence-electron chi connectivity index (χ0n) is 29.7. The summed E-state index contributed by atoms with van der Waals surface area (Å²) < 4.78 is 61.8. The maximum absolute atomic E-state index is 6.54. The van der Waals surface area contributed by atoms with Crippen molar-refractivity contribution in [1.29, 1.82) is 0 Å². The van der Waals surface area contributed by atoms with E-state index >= 15 is 0 Å². The van der Waals surface area contributed by atoms with E-state index in [1.54, 1.807) is 34.4 Å². The van der Waals surface area contributed by atoms with Crippen molar-refractivity contribution < 1.29 is 42.6 Å². The van der Waals surface area contributed by atoms with Crippen LogP contribution in [-0.4, -0.2) is 89.2 Å². The molecule has 0 aromatic carbocycles. The highest BCUT2D eigenvalue weighted by Crippen LogP contribution is 2.57. The summed E-state index contributed by atoms with van der Waals surface area (Å²) in [5.41, 5.74) is 5.83. The minimum atomic E-state index is -0.259. The van der Waals surface area contributed by atoms with Gasteiger partial charge in [-0.2, -0.15) is 0 Å². The molecule has 0 radical (unpaired) electrons. The molecule has 2 saturated heterocycles. The average Bonchev–Trinajstić information content (AvgIpc) is 4.02. The molecule has 4 unspecified atom stereocenters. The van der Waals surface area contributed by atoms with E-state index in [-0.39, 0.29) is 17.5 Å². The second-order valence-corrected chi connectivity index (χ2v) is 18.8. The first-order valence-corrected chi connectivity index (χ1v) is 22.3. The van der Waals surface area contributed by atoms with Gasteiger partial charge in [0, 0.05) is 20.3 Å². The highest BCUT2D eigenvalue weighted by atomic mass is 32.2.